The Kier molecular flexibility index (Phi) is 2.64. The maximum absolute atomic E-state index is 10.2. The fourth-order valence-corrected chi connectivity index (χ4v) is 0.247. The number of nitrogens with one attached hydrogen (secondary N) is 1. The van der Waals surface area contributed by atoms with Crippen molar-refractivity contribution < 1.29 is 9.59 Å². The molecule has 0 spiro atoms. The third-order valence-corrected chi connectivity index (χ3v) is 1.06. The van der Waals surface area contributed by atoms with E-state index in [1.54, 1.807) is 0 Å². The monoisotopic (exact) mass is 125 g/mol. The Hall–Kier alpha value is -1.12. The summed E-state index contributed by atoms with van der Waals surface area (Å²) in [5.41, 5.74) is 6.90. The van der Waals surface area contributed by atoms with Crippen LogP contribution in [0.3, 0.4) is 0 Å². The van der Waals surface area contributed by atoms with Gasteiger partial charge < -0.3 is 0 Å². The predicted molar refractivity (Wildman–Crippen MR) is 32.2 cm³/mol. The van der Waals surface area contributed by atoms with E-state index < -0.39 is 5.91 Å². The van der Waals surface area contributed by atoms with E-state index in [4.69, 9.17) is 5.73 Å². The van der Waals surface area contributed by atoms with Gasteiger partial charge in [-0.15, -0.1) is 0 Å². The smallest absolute Gasteiger partial charge is 0.265 e. The summed E-state index contributed by atoms with van der Waals surface area (Å²) < 4.78 is 0. The normalized spacial score (nSPS) is 12.2. The fourth-order valence-electron chi connectivity index (χ4n) is 0.247. The van der Waals surface area contributed by atoms with Crippen molar-refractivity contribution in [2.45, 2.75) is 13.8 Å². The van der Waals surface area contributed by atoms with Gasteiger partial charge >= 0.3 is 0 Å². The van der Waals surface area contributed by atoms with Crippen molar-refractivity contribution in [2.75, 3.05) is 0 Å². The van der Waals surface area contributed by atoms with E-state index in [1.807, 2.05) is 0 Å². The summed E-state index contributed by atoms with van der Waals surface area (Å²) in [6, 6.07) is 0. The van der Waals surface area contributed by atoms with E-state index in [2.05, 4.69) is 0 Å². The van der Waals surface area contributed by atoms with Crippen LogP contribution in [0.15, 0.2) is 11.1 Å². The fraction of sp³-hybridized carbons (Fsp3) is 0.333. The lowest BCUT2D eigenvalue weighted by atomic mass is 10.2. The molecule has 1 amide bonds. The van der Waals surface area contributed by atoms with Crippen molar-refractivity contribution >= 4 is 12.2 Å². The van der Waals surface area contributed by atoms with E-state index in [-0.39, 0.29) is 11.1 Å². The molecule has 0 saturated heterocycles. The van der Waals surface area contributed by atoms with Crippen molar-refractivity contribution in [1.29, 1.82) is 0 Å². The van der Waals surface area contributed by atoms with E-state index >= 15 is 0 Å². The van der Waals surface area contributed by atoms with E-state index in [1.165, 1.54) is 20.1 Å². The number of amides is 1. The summed E-state index contributed by atoms with van der Waals surface area (Å²) in [6.07, 6.45) is 1.53. The number of carbonyl (C=O) groups excluding carboxylic acids is 2. The van der Waals surface area contributed by atoms with Gasteiger partial charge in [0.25, 0.3) is 5.91 Å². The minimum Gasteiger partial charge on any atom is -0.285 e. The standard InChI is InChI=1S/C6H7NO2/c1-4(3-8)5(2)6(7)9/h7H,1-2H3/b5-4-. The summed E-state index contributed by atoms with van der Waals surface area (Å²) >= 11 is 0. The maximum atomic E-state index is 10.2. The molecule has 0 rings (SSSR count). The molecule has 0 aromatic heterocycles. The molecule has 1 N–H and O–H groups in total. The van der Waals surface area contributed by atoms with Crippen molar-refractivity contribution in [3.05, 3.63) is 11.1 Å². The summed E-state index contributed by atoms with van der Waals surface area (Å²) in [5.74, 6) is -0.823. The van der Waals surface area contributed by atoms with Crippen LogP contribution in [0.25, 0.3) is 0 Å². The first kappa shape index (κ1) is 7.88. The zero-order valence-corrected chi connectivity index (χ0v) is 5.32. The molecular formula is C6H7NO2. The first-order chi connectivity index (χ1) is 4.09. The highest BCUT2D eigenvalue weighted by molar-refractivity contribution is 5.96. The lowest BCUT2D eigenvalue weighted by Gasteiger charge is -1.91. The quantitative estimate of drug-likeness (QED) is 0.496. The molecule has 0 fully saturated rings. The summed E-state index contributed by atoms with van der Waals surface area (Å²) in [4.78, 5) is 20.0. The second kappa shape index (κ2) is 3.02. The minimum absolute atomic E-state index is 0.157. The van der Waals surface area contributed by atoms with E-state index in [0.717, 1.165) is 0 Å². The molecule has 3 nitrogen and oxygen atoms in total. The molecule has 0 heterocycles. The van der Waals surface area contributed by atoms with Gasteiger partial charge in [0, 0.05) is 11.1 Å². The first-order valence-electron chi connectivity index (χ1n) is 2.41. The van der Waals surface area contributed by atoms with Gasteiger partial charge in [-0.05, 0) is 13.8 Å². The average Bonchev–Trinajstić information content (AvgIpc) is 1.84. The zero-order valence-electron chi connectivity index (χ0n) is 5.32. The molecule has 0 bridgehead atoms. The van der Waals surface area contributed by atoms with Gasteiger partial charge in [-0.1, -0.05) is 0 Å². The minimum atomic E-state index is -0.823. The number of allylic oxidation sites excluding steroid dienone is 1. The third-order valence-electron chi connectivity index (χ3n) is 1.06. The summed E-state index contributed by atoms with van der Waals surface area (Å²) in [6.45, 7) is 2.88. The maximum Gasteiger partial charge on any atom is 0.265 e. The topological polar surface area (TPSA) is 57.9 Å². The van der Waals surface area contributed by atoms with Crippen molar-refractivity contribution in [3.63, 3.8) is 0 Å². The molecule has 2 radical (unpaired) electrons. The van der Waals surface area contributed by atoms with E-state index in [0.29, 0.717) is 0 Å². The van der Waals surface area contributed by atoms with Gasteiger partial charge in [-0.25, -0.2) is 0 Å². The summed E-state index contributed by atoms with van der Waals surface area (Å²) in [7, 11) is 0. The van der Waals surface area contributed by atoms with Gasteiger partial charge in [-0.3, -0.25) is 15.3 Å². The van der Waals surface area contributed by atoms with Crippen molar-refractivity contribution in [1.82, 2.24) is 5.73 Å². The Morgan fingerprint density at radius 1 is 1.44 bits per heavy atom. The second-order valence-electron chi connectivity index (χ2n) is 1.68. The highest BCUT2D eigenvalue weighted by Gasteiger charge is 2.01. The molecular weight excluding hydrogens is 118 g/mol. The van der Waals surface area contributed by atoms with Crippen LogP contribution < -0.4 is 5.73 Å². The highest BCUT2D eigenvalue weighted by Crippen LogP contribution is 1.98. The molecule has 3 heteroatoms. The van der Waals surface area contributed by atoms with Gasteiger partial charge in [-0.2, -0.15) is 0 Å². The molecule has 0 unspecified atom stereocenters. The third kappa shape index (κ3) is 2.08. The lowest BCUT2D eigenvalue weighted by molar-refractivity contribution is -0.115. The van der Waals surface area contributed by atoms with Crippen LogP contribution in [0.2, 0.25) is 0 Å². The second-order valence-corrected chi connectivity index (χ2v) is 1.68. The van der Waals surface area contributed by atoms with Crippen LogP contribution >= 0.6 is 0 Å². The number of hydrogen-bond acceptors (Lipinski definition) is 2. The van der Waals surface area contributed by atoms with Gasteiger partial charge in [0.15, 0.2) is 0 Å². The SMILES string of the molecule is C/C([C]=O)=C(\C)C([NH])=O. The number of carbonyl (C=O) groups is 1. The van der Waals surface area contributed by atoms with Gasteiger partial charge in [0.1, 0.15) is 0 Å². The average molecular weight is 125 g/mol. The van der Waals surface area contributed by atoms with Crippen LogP contribution in [-0.4, -0.2) is 12.2 Å². The molecule has 0 aliphatic carbocycles. The Bertz CT molecular complexity index is 170. The van der Waals surface area contributed by atoms with Crippen molar-refractivity contribution in [2.24, 2.45) is 0 Å². The zero-order chi connectivity index (χ0) is 7.44. The van der Waals surface area contributed by atoms with Crippen LogP contribution in [0.1, 0.15) is 13.8 Å². The van der Waals surface area contributed by atoms with Crippen molar-refractivity contribution in [3.8, 4) is 0 Å². The molecule has 48 valence electrons. The first-order valence-corrected chi connectivity index (χ1v) is 2.41. The Morgan fingerprint density at radius 2 is 1.89 bits per heavy atom. The highest BCUT2D eigenvalue weighted by atomic mass is 16.1. The predicted octanol–water partition coefficient (Wildman–Crippen LogP) is 0.242. The molecule has 0 aromatic rings. The lowest BCUT2D eigenvalue weighted by Crippen LogP contribution is -2.01. The van der Waals surface area contributed by atoms with Gasteiger partial charge in [0.2, 0.25) is 6.29 Å². The molecule has 0 aromatic carbocycles. The van der Waals surface area contributed by atoms with E-state index in [9.17, 15) is 9.59 Å². The summed E-state index contributed by atoms with van der Waals surface area (Å²) in [5, 5.41) is 0. The molecule has 0 aliphatic rings. The Balaban J connectivity index is 4.47. The van der Waals surface area contributed by atoms with Gasteiger partial charge in [0.05, 0.1) is 0 Å². The molecule has 0 aliphatic heterocycles. The van der Waals surface area contributed by atoms with Crippen LogP contribution in [0.5, 0.6) is 0 Å². The van der Waals surface area contributed by atoms with Crippen LogP contribution in [0, 0.1) is 0 Å². The Morgan fingerprint density at radius 3 is 2.00 bits per heavy atom. The number of hydrogen-bond donors (Lipinski definition) is 0. The molecule has 0 saturated carbocycles. The van der Waals surface area contributed by atoms with Crippen LogP contribution in [0.4, 0.5) is 0 Å². The molecule has 9 heavy (non-hydrogen) atoms. The number of rotatable bonds is 2. The molecule has 0 atom stereocenters. The largest absolute Gasteiger partial charge is 0.285 e. The van der Waals surface area contributed by atoms with Crippen LogP contribution in [-0.2, 0) is 9.59 Å². The Labute approximate surface area is 53.5 Å².